The van der Waals surface area contributed by atoms with Crippen molar-refractivity contribution < 1.29 is 9.18 Å². The third-order valence-corrected chi connectivity index (χ3v) is 3.72. The fourth-order valence-corrected chi connectivity index (χ4v) is 2.56. The molecule has 0 spiro atoms. The first-order valence-corrected chi connectivity index (χ1v) is 6.73. The highest BCUT2D eigenvalue weighted by Gasteiger charge is 2.16. The van der Waals surface area contributed by atoms with E-state index in [4.69, 9.17) is 11.6 Å². The molecule has 1 heterocycles. The number of rotatable bonds is 3. The molecule has 0 saturated heterocycles. The van der Waals surface area contributed by atoms with E-state index >= 15 is 0 Å². The van der Waals surface area contributed by atoms with Gasteiger partial charge in [0.2, 0.25) is 0 Å². The zero-order chi connectivity index (χ0) is 14.2. The van der Waals surface area contributed by atoms with Gasteiger partial charge in [-0.15, -0.1) is 0 Å². The average molecular weight is 346 g/mol. The van der Waals surface area contributed by atoms with Crippen LogP contribution in [-0.2, 0) is 13.5 Å². The number of hydrogen-bond donors (Lipinski definition) is 0. The molecular formula is C13H11BrClFN2O. The molecule has 1 aromatic carbocycles. The Balaban J connectivity index is 2.30. The number of carbonyl (C=O) groups is 1. The zero-order valence-electron chi connectivity index (χ0n) is 10.4. The van der Waals surface area contributed by atoms with Crippen LogP contribution in [0.25, 0.3) is 0 Å². The Labute approximate surface area is 123 Å². The normalized spacial score (nSPS) is 10.8. The number of ketones is 1. The van der Waals surface area contributed by atoms with Gasteiger partial charge in [0.15, 0.2) is 5.78 Å². The summed E-state index contributed by atoms with van der Waals surface area (Å²) < 4.78 is 15.3. The average Bonchev–Trinajstić information content (AvgIpc) is 2.54. The van der Waals surface area contributed by atoms with Crippen LogP contribution in [-0.4, -0.2) is 15.6 Å². The third-order valence-electron chi connectivity index (χ3n) is 2.79. The van der Waals surface area contributed by atoms with Crippen LogP contribution >= 0.6 is 27.5 Å². The number of aromatic nitrogens is 2. The molecule has 0 unspecified atom stereocenters. The SMILES string of the molecule is Cc1nn(C)c(Cl)c1CC(=O)c1cc(F)cc(Br)c1. The first-order valence-electron chi connectivity index (χ1n) is 5.55. The van der Waals surface area contributed by atoms with Crippen molar-refractivity contribution in [3.63, 3.8) is 0 Å². The van der Waals surface area contributed by atoms with Crippen LogP contribution in [0.5, 0.6) is 0 Å². The molecule has 0 aliphatic carbocycles. The van der Waals surface area contributed by atoms with Crippen molar-refractivity contribution in [3.05, 3.63) is 50.5 Å². The molecule has 3 nitrogen and oxygen atoms in total. The van der Waals surface area contributed by atoms with Crippen LogP contribution in [0.2, 0.25) is 5.15 Å². The predicted octanol–water partition coefficient (Wildman–Crippen LogP) is 3.71. The highest BCUT2D eigenvalue weighted by atomic mass is 79.9. The van der Waals surface area contributed by atoms with Gasteiger partial charge in [0.1, 0.15) is 11.0 Å². The minimum Gasteiger partial charge on any atom is -0.294 e. The molecule has 0 amide bonds. The van der Waals surface area contributed by atoms with Gasteiger partial charge in [0, 0.05) is 29.1 Å². The van der Waals surface area contributed by atoms with Crippen molar-refractivity contribution in [3.8, 4) is 0 Å². The molecule has 19 heavy (non-hydrogen) atoms. The number of benzene rings is 1. The lowest BCUT2D eigenvalue weighted by Gasteiger charge is -2.03. The minimum atomic E-state index is -0.452. The molecule has 6 heteroatoms. The molecule has 0 atom stereocenters. The first kappa shape index (κ1) is 14.2. The third kappa shape index (κ3) is 3.04. The second-order valence-electron chi connectivity index (χ2n) is 4.24. The molecule has 100 valence electrons. The number of nitrogens with zero attached hydrogens (tertiary/aromatic N) is 2. The molecule has 0 saturated carbocycles. The van der Waals surface area contributed by atoms with Crippen molar-refractivity contribution in [1.82, 2.24) is 9.78 Å². The van der Waals surface area contributed by atoms with Gasteiger partial charge < -0.3 is 0 Å². The van der Waals surface area contributed by atoms with Gasteiger partial charge in [-0.25, -0.2) is 4.39 Å². The Hall–Kier alpha value is -1.20. The molecule has 0 aliphatic heterocycles. The van der Waals surface area contributed by atoms with Crippen molar-refractivity contribution in [2.45, 2.75) is 13.3 Å². The molecule has 2 aromatic rings. The summed E-state index contributed by atoms with van der Waals surface area (Å²) in [7, 11) is 1.71. The lowest BCUT2D eigenvalue weighted by Crippen LogP contribution is -2.05. The first-order chi connectivity index (χ1) is 8.88. The minimum absolute atomic E-state index is 0.106. The Morgan fingerprint density at radius 2 is 2.16 bits per heavy atom. The van der Waals surface area contributed by atoms with Crippen molar-refractivity contribution in [2.75, 3.05) is 0 Å². The monoisotopic (exact) mass is 344 g/mol. The second-order valence-corrected chi connectivity index (χ2v) is 5.51. The van der Waals surface area contributed by atoms with E-state index in [1.54, 1.807) is 20.0 Å². The molecule has 0 aliphatic rings. The zero-order valence-corrected chi connectivity index (χ0v) is 12.7. The summed E-state index contributed by atoms with van der Waals surface area (Å²) in [6.07, 6.45) is 0.106. The topological polar surface area (TPSA) is 34.9 Å². The smallest absolute Gasteiger partial charge is 0.167 e. The van der Waals surface area contributed by atoms with E-state index in [0.717, 1.165) is 0 Å². The maximum atomic E-state index is 13.3. The van der Waals surface area contributed by atoms with E-state index in [-0.39, 0.29) is 12.2 Å². The maximum absolute atomic E-state index is 13.3. The summed E-state index contributed by atoms with van der Waals surface area (Å²) in [5.74, 6) is -0.648. The summed E-state index contributed by atoms with van der Waals surface area (Å²) >= 11 is 9.24. The number of Topliss-reactive ketones (excluding diaryl/α,β-unsaturated/α-hetero) is 1. The van der Waals surface area contributed by atoms with Gasteiger partial charge in [-0.2, -0.15) is 5.10 Å². The Bertz CT molecular complexity index is 634. The van der Waals surface area contributed by atoms with Crippen LogP contribution in [0.15, 0.2) is 22.7 Å². The van der Waals surface area contributed by atoms with Crippen LogP contribution in [0.3, 0.4) is 0 Å². The van der Waals surface area contributed by atoms with E-state index in [1.165, 1.54) is 16.8 Å². The van der Waals surface area contributed by atoms with Gasteiger partial charge in [-0.1, -0.05) is 27.5 Å². The maximum Gasteiger partial charge on any atom is 0.167 e. The number of aryl methyl sites for hydroxylation is 2. The molecular weight excluding hydrogens is 335 g/mol. The van der Waals surface area contributed by atoms with E-state index in [1.807, 2.05) is 0 Å². The lowest BCUT2D eigenvalue weighted by molar-refractivity contribution is 0.0992. The molecule has 1 aromatic heterocycles. The Morgan fingerprint density at radius 3 is 2.68 bits per heavy atom. The number of halogens is 3. The molecule has 0 radical (unpaired) electrons. The lowest BCUT2D eigenvalue weighted by atomic mass is 10.0. The van der Waals surface area contributed by atoms with Crippen molar-refractivity contribution >= 4 is 33.3 Å². The summed E-state index contributed by atoms with van der Waals surface area (Å²) in [6, 6.07) is 4.11. The van der Waals surface area contributed by atoms with Gasteiger partial charge in [-0.05, 0) is 25.1 Å². The fourth-order valence-electron chi connectivity index (χ4n) is 1.85. The second kappa shape index (κ2) is 5.43. The van der Waals surface area contributed by atoms with Gasteiger partial charge in [0.05, 0.1) is 5.69 Å². The van der Waals surface area contributed by atoms with Gasteiger partial charge >= 0.3 is 0 Å². The molecule has 2 rings (SSSR count). The van der Waals surface area contributed by atoms with Crippen LogP contribution in [0.1, 0.15) is 21.6 Å². The van der Waals surface area contributed by atoms with Crippen molar-refractivity contribution in [2.24, 2.45) is 7.05 Å². The van der Waals surface area contributed by atoms with Crippen LogP contribution in [0, 0.1) is 12.7 Å². The highest BCUT2D eigenvalue weighted by Crippen LogP contribution is 2.22. The van der Waals surface area contributed by atoms with E-state index in [9.17, 15) is 9.18 Å². The van der Waals surface area contributed by atoms with E-state index in [2.05, 4.69) is 21.0 Å². The van der Waals surface area contributed by atoms with Crippen molar-refractivity contribution in [1.29, 1.82) is 0 Å². The quantitative estimate of drug-likeness (QED) is 0.795. The highest BCUT2D eigenvalue weighted by molar-refractivity contribution is 9.10. The van der Waals surface area contributed by atoms with Crippen LogP contribution < -0.4 is 0 Å². The standard InChI is InChI=1S/C13H11BrClFN2O/c1-7-11(13(15)18(2)17-7)6-12(19)8-3-9(14)5-10(16)4-8/h3-5H,6H2,1-2H3. The summed E-state index contributed by atoms with van der Waals surface area (Å²) in [4.78, 5) is 12.1. The Morgan fingerprint density at radius 1 is 1.47 bits per heavy atom. The van der Waals surface area contributed by atoms with Gasteiger partial charge in [-0.3, -0.25) is 9.48 Å². The number of carbonyl (C=O) groups excluding carboxylic acids is 1. The summed E-state index contributed by atoms with van der Waals surface area (Å²) in [6.45, 7) is 1.79. The van der Waals surface area contributed by atoms with E-state index < -0.39 is 5.82 Å². The summed E-state index contributed by atoms with van der Waals surface area (Å²) in [5, 5.41) is 4.57. The molecule has 0 N–H and O–H groups in total. The summed E-state index contributed by atoms with van der Waals surface area (Å²) in [5.41, 5.74) is 1.69. The largest absolute Gasteiger partial charge is 0.294 e. The predicted molar refractivity (Wildman–Crippen MR) is 75.1 cm³/mol. The molecule has 0 fully saturated rings. The van der Waals surface area contributed by atoms with Gasteiger partial charge in [0.25, 0.3) is 0 Å². The number of hydrogen-bond acceptors (Lipinski definition) is 2. The Kier molecular flexibility index (Phi) is 4.06. The van der Waals surface area contributed by atoms with Crippen LogP contribution in [0.4, 0.5) is 4.39 Å². The van der Waals surface area contributed by atoms with E-state index in [0.29, 0.717) is 26.4 Å². The molecule has 0 bridgehead atoms. The fraction of sp³-hybridized carbons (Fsp3) is 0.231.